The summed E-state index contributed by atoms with van der Waals surface area (Å²) >= 11 is 12.0. The zero-order valence-electron chi connectivity index (χ0n) is 15.8. The highest BCUT2D eigenvalue weighted by atomic mass is 35.5. The van der Waals surface area contributed by atoms with Gasteiger partial charge in [0.05, 0.1) is 5.02 Å². The molecule has 27 heavy (non-hydrogen) atoms. The van der Waals surface area contributed by atoms with Gasteiger partial charge in [-0.3, -0.25) is 4.90 Å². The lowest BCUT2D eigenvalue weighted by atomic mass is 10.1. The molecule has 0 bridgehead atoms. The number of hydrogen-bond donors (Lipinski definition) is 1. The number of halogens is 2. The highest BCUT2D eigenvalue weighted by Gasteiger charge is 2.21. The number of ether oxygens (including phenoxy) is 1. The molecule has 1 aliphatic heterocycles. The molecule has 6 heteroatoms. The fourth-order valence-corrected chi connectivity index (χ4v) is 3.71. The Kier molecular flexibility index (Phi) is 6.88. The number of β-amino-alcohol motifs (C(OH)–C–C–N with tert-alkyl or cyclic N) is 1. The van der Waals surface area contributed by atoms with Crippen LogP contribution >= 0.6 is 23.2 Å². The van der Waals surface area contributed by atoms with Crippen molar-refractivity contribution >= 4 is 28.9 Å². The lowest BCUT2D eigenvalue weighted by Crippen LogP contribution is -2.49. The molecule has 0 aromatic heterocycles. The molecule has 0 saturated carbocycles. The monoisotopic (exact) mass is 408 g/mol. The second-order valence-corrected chi connectivity index (χ2v) is 7.89. The van der Waals surface area contributed by atoms with E-state index in [-0.39, 0.29) is 6.61 Å². The van der Waals surface area contributed by atoms with E-state index >= 15 is 0 Å². The van der Waals surface area contributed by atoms with Crippen LogP contribution in [-0.2, 0) is 0 Å². The molecule has 2 aromatic carbocycles. The molecule has 4 nitrogen and oxygen atoms in total. The maximum Gasteiger partial charge on any atom is 0.139 e. The second-order valence-electron chi connectivity index (χ2n) is 7.05. The van der Waals surface area contributed by atoms with Crippen LogP contribution in [0.4, 0.5) is 5.69 Å². The summed E-state index contributed by atoms with van der Waals surface area (Å²) in [6, 6.07) is 11.5. The van der Waals surface area contributed by atoms with E-state index in [2.05, 4.69) is 41.8 Å². The van der Waals surface area contributed by atoms with Gasteiger partial charge < -0.3 is 14.7 Å². The van der Waals surface area contributed by atoms with Crippen molar-refractivity contribution in [2.75, 3.05) is 44.2 Å². The standard InChI is InChI=1S/C21H26Cl2N2O2/c1-15-4-3-5-20(16(15)2)25-10-8-24(9-11-25)13-18(26)14-27-21-12-17(22)6-7-19(21)23/h3-7,12,18,26H,8-11,13-14H2,1-2H3. The number of aliphatic hydroxyl groups excluding tert-OH is 1. The average molecular weight is 409 g/mol. The molecule has 1 atom stereocenters. The summed E-state index contributed by atoms with van der Waals surface area (Å²) in [4.78, 5) is 4.70. The van der Waals surface area contributed by atoms with Crippen LogP contribution in [0, 0.1) is 13.8 Å². The van der Waals surface area contributed by atoms with E-state index in [1.807, 2.05) is 0 Å². The summed E-state index contributed by atoms with van der Waals surface area (Å²) in [5.74, 6) is 0.503. The first kappa shape index (κ1) is 20.3. The van der Waals surface area contributed by atoms with Crippen LogP contribution in [0.3, 0.4) is 0 Å². The van der Waals surface area contributed by atoms with E-state index < -0.39 is 6.10 Å². The number of aryl methyl sites for hydroxylation is 1. The maximum absolute atomic E-state index is 10.3. The average Bonchev–Trinajstić information content (AvgIpc) is 2.65. The van der Waals surface area contributed by atoms with E-state index in [0.29, 0.717) is 22.3 Å². The fourth-order valence-electron chi connectivity index (χ4n) is 3.37. The van der Waals surface area contributed by atoms with Gasteiger partial charge in [-0.05, 0) is 43.2 Å². The van der Waals surface area contributed by atoms with Crippen molar-refractivity contribution in [1.82, 2.24) is 4.90 Å². The van der Waals surface area contributed by atoms with E-state index in [4.69, 9.17) is 27.9 Å². The van der Waals surface area contributed by atoms with Gasteiger partial charge >= 0.3 is 0 Å². The molecule has 1 heterocycles. The van der Waals surface area contributed by atoms with Gasteiger partial charge in [-0.25, -0.2) is 0 Å². The first-order valence-corrected chi connectivity index (χ1v) is 9.99. The van der Waals surface area contributed by atoms with Gasteiger partial charge in [-0.15, -0.1) is 0 Å². The number of piperazine rings is 1. The molecule has 146 valence electrons. The molecule has 0 spiro atoms. The minimum atomic E-state index is -0.577. The molecule has 1 N–H and O–H groups in total. The summed E-state index contributed by atoms with van der Waals surface area (Å²) in [7, 11) is 0. The van der Waals surface area contributed by atoms with Crippen LogP contribution in [0.2, 0.25) is 10.0 Å². The highest BCUT2D eigenvalue weighted by molar-refractivity contribution is 6.34. The molecule has 1 aliphatic rings. The third-order valence-corrected chi connectivity index (χ3v) is 5.63. The lowest BCUT2D eigenvalue weighted by Gasteiger charge is -2.37. The van der Waals surface area contributed by atoms with Crippen molar-refractivity contribution < 1.29 is 9.84 Å². The van der Waals surface area contributed by atoms with Crippen molar-refractivity contribution in [3.05, 3.63) is 57.6 Å². The van der Waals surface area contributed by atoms with E-state index in [1.54, 1.807) is 18.2 Å². The van der Waals surface area contributed by atoms with E-state index in [9.17, 15) is 5.11 Å². The Bertz CT molecular complexity index is 777. The molecular formula is C21H26Cl2N2O2. The Balaban J connectivity index is 1.47. The van der Waals surface area contributed by atoms with Crippen molar-refractivity contribution in [2.24, 2.45) is 0 Å². The fraction of sp³-hybridized carbons (Fsp3) is 0.429. The molecule has 0 aliphatic carbocycles. The topological polar surface area (TPSA) is 35.9 Å². The van der Waals surface area contributed by atoms with Crippen molar-refractivity contribution in [3.8, 4) is 5.75 Å². The number of nitrogens with zero attached hydrogens (tertiary/aromatic N) is 2. The zero-order chi connectivity index (χ0) is 19.4. The first-order valence-electron chi connectivity index (χ1n) is 9.23. The normalized spacial score (nSPS) is 16.4. The summed E-state index contributed by atoms with van der Waals surface area (Å²) in [6.07, 6.45) is -0.577. The van der Waals surface area contributed by atoms with Gasteiger partial charge in [0.2, 0.25) is 0 Å². The third-order valence-electron chi connectivity index (χ3n) is 5.08. The Morgan fingerprint density at radius 2 is 1.81 bits per heavy atom. The molecule has 0 radical (unpaired) electrons. The van der Waals surface area contributed by atoms with Crippen LogP contribution in [0.5, 0.6) is 5.75 Å². The number of benzene rings is 2. The van der Waals surface area contributed by atoms with Gasteiger partial charge in [0.25, 0.3) is 0 Å². The summed E-state index contributed by atoms with van der Waals surface area (Å²) in [6.45, 7) is 8.85. The van der Waals surface area contributed by atoms with Crippen molar-refractivity contribution in [1.29, 1.82) is 0 Å². The number of rotatable bonds is 6. The zero-order valence-corrected chi connectivity index (χ0v) is 17.3. The largest absolute Gasteiger partial charge is 0.489 e. The Morgan fingerprint density at radius 3 is 2.56 bits per heavy atom. The van der Waals surface area contributed by atoms with Gasteiger partial charge in [0, 0.05) is 49.5 Å². The molecular weight excluding hydrogens is 383 g/mol. The Labute approximate surface area is 171 Å². The predicted molar refractivity (Wildman–Crippen MR) is 113 cm³/mol. The van der Waals surface area contributed by atoms with Crippen LogP contribution in [-0.4, -0.2) is 55.4 Å². The van der Waals surface area contributed by atoms with E-state index in [1.165, 1.54) is 16.8 Å². The third kappa shape index (κ3) is 5.29. The van der Waals surface area contributed by atoms with Crippen LogP contribution in [0.15, 0.2) is 36.4 Å². The van der Waals surface area contributed by atoms with Crippen LogP contribution in [0.1, 0.15) is 11.1 Å². The highest BCUT2D eigenvalue weighted by Crippen LogP contribution is 2.28. The number of hydrogen-bond acceptors (Lipinski definition) is 4. The molecule has 3 rings (SSSR count). The van der Waals surface area contributed by atoms with Gasteiger partial charge in [-0.2, -0.15) is 0 Å². The SMILES string of the molecule is Cc1cccc(N2CCN(CC(O)COc3cc(Cl)ccc3Cl)CC2)c1C. The smallest absolute Gasteiger partial charge is 0.139 e. The van der Waals surface area contributed by atoms with Crippen LogP contribution in [0.25, 0.3) is 0 Å². The molecule has 2 aromatic rings. The predicted octanol–water partition coefficient (Wildman–Crippen LogP) is 4.17. The van der Waals surface area contributed by atoms with Crippen molar-refractivity contribution in [2.45, 2.75) is 20.0 Å². The van der Waals surface area contributed by atoms with E-state index in [0.717, 1.165) is 26.2 Å². The first-order chi connectivity index (χ1) is 12.9. The minimum absolute atomic E-state index is 0.192. The van der Waals surface area contributed by atoms with Crippen LogP contribution < -0.4 is 9.64 Å². The maximum atomic E-state index is 10.3. The van der Waals surface area contributed by atoms with Crippen molar-refractivity contribution in [3.63, 3.8) is 0 Å². The lowest BCUT2D eigenvalue weighted by molar-refractivity contribution is 0.0663. The molecule has 0 amide bonds. The molecule has 1 fully saturated rings. The van der Waals surface area contributed by atoms with Gasteiger partial charge in [-0.1, -0.05) is 35.3 Å². The summed E-state index contributed by atoms with van der Waals surface area (Å²) in [5.41, 5.74) is 3.98. The second kappa shape index (κ2) is 9.16. The molecule has 1 unspecified atom stereocenters. The number of anilines is 1. The Morgan fingerprint density at radius 1 is 1.07 bits per heavy atom. The quantitative estimate of drug-likeness (QED) is 0.777. The minimum Gasteiger partial charge on any atom is -0.489 e. The Hall–Kier alpha value is -1.46. The number of aliphatic hydroxyl groups is 1. The summed E-state index contributed by atoms with van der Waals surface area (Å²) in [5, 5.41) is 11.4. The van der Waals surface area contributed by atoms with Gasteiger partial charge in [0.15, 0.2) is 0 Å². The molecule has 1 saturated heterocycles. The summed E-state index contributed by atoms with van der Waals surface area (Å²) < 4.78 is 5.64. The van der Waals surface area contributed by atoms with Gasteiger partial charge in [0.1, 0.15) is 18.5 Å².